The lowest BCUT2D eigenvalue weighted by molar-refractivity contribution is 0.559. The molecule has 0 saturated carbocycles. The molecule has 0 spiro atoms. The van der Waals surface area contributed by atoms with Crippen LogP contribution in [-0.4, -0.2) is 30.0 Å². The van der Waals surface area contributed by atoms with Crippen LogP contribution < -0.4 is 4.72 Å². The van der Waals surface area contributed by atoms with E-state index < -0.39 is 10.0 Å². The van der Waals surface area contributed by atoms with Crippen LogP contribution in [0, 0.1) is 0 Å². The molecule has 0 atom stereocenters. The maximum Gasteiger partial charge on any atom is 0.260 e. The van der Waals surface area contributed by atoms with Gasteiger partial charge >= 0.3 is 0 Å². The molecule has 0 bridgehead atoms. The number of aryl methyl sites for hydroxylation is 1. The molecule has 19 heavy (non-hydrogen) atoms. The first-order valence-electron chi connectivity index (χ1n) is 6.23. The number of rotatable bonds is 5. The predicted molar refractivity (Wildman–Crippen MR) is 75.1 cm³/mol. The van der Waals surface area contributed by atoms with E-state index in [1.807, 2.05) is 0 Å². The van der Waals surface area contributed by atoms with Crippen LogP contribution in [0.15, 0.2) is 21.3 Å². The average molecular weight is 349 g/mol. The number of aromatic nitrogens is 3. The minimum atomic E-state index is -3.57. The fourth-order valence-electron chi connectivity index (χ4n) is 2.15. The van der Waals surface area contributed by atoms with Crippen LogP contribution >= 0.6 is 15.9 Å². The van der Waals surface area contributed by atoms with Gasteiger partial charge in [-0.25, -0.2) is 17.8 Å². The summed E-state index contributed by atoms with van der Waals surface area (Å²) in [4.78, 5) is 0. The van der Waals surface area contributed by atoms with E-state index in [9.17, 15) is 8.42 Å². The lowest BCUT2D eigenvalue weighted by Gasteiger charge is -2.13. The summed E-state index contributed by atoms with van der Waals surface area (Å²) in [7, 11) is -2.01. The molecule has 0 aliphatic heterocycles. The Morgan fingerprint density at radius 2 is 2.26 bits per heavy atom. The van der Waals surface area contributed by atoms with Crippen molar-refractivity contribution in [2.24, 2.45) is 7.05 Å². The summed E-state index contributed by atoms with van der Waals surface area (Å²) >= 11 is 3.10. The van der Waals surface area contributed by atoms with Crippen molar-refractivity contribution in [3.63, 3.8) is 0 Å². The quantitative estimate of drug-likeness (QED) is 0.822. The molecule has 2 rings (SSSR count). The molecule has 1 aliphatic rings. The van der Waals surface area contributed by atoms with Crippen LogP contribution in [0.2, 0.25) is 0 Å². The second kappa shape index (κ2) is 6.15. The molecule has 0 amide bonds. The largest absolute Gasteiger partial charge is 0.260 e. The van der Waals surface area contributed by atoms with Gasteiger partial charge in [-0.1, -0.05) is 16.9 Å². The van der Waals surface area contributed by atoms with Crippen molar-refractivity contribution in [2.45, 2.75) is 37.1 Å². The van der Waals surface area contributed by atoms with Gasteiger partial charge in [0, 0.05) is 13.6 Å². The van der Waals surface area contributed by atoms with Crippen molar-refractivity contribution >= 4 is 26.0 Å². The number of nitrogens with zero attached hydrogens (tertiary/aromatic N) is 3. The van der Waals surface area contributed by atoms with Crippen LogP contribution in [0.1, 0.15) is 32.1 Å². The highest BCUT2D eigenvalue weighted by Gasteiger charge is 2.23. The smallest absolute Gasteiger partial charge is 0.235 e. The topological polar surface area (TPSA) is 76.9 Å². The van der Waals surface area contributed by atoms with E-state index in [4.69, 9.17) is 0 Å². The number of nitrogens with one attached hydrogen (secondary N) is 1. The Hall–Kier alpha value is -0.730. The lowest BCUT2D eigenvalue weighted by Crippen LogP contribution is -2.27. The van der Waals surface area contributed by atoms with Crippen LogP contribution in [0.3, 0.4) is 0 Å². The van der Waals surface area contributed by atoms with E-state index >= 15 is 0 Å². The second-order valence-electron chi connectivity index (χ2n) is 4.56. The summed E-state index contributed by atoms with van der Waals surface area (Å²) in [5, 5.41) is 7.41. The number of allylic oxidation sites excluding steroid dienone is 1. The van der Waals surface area contributed by atoms with Crippen molar-refractivity contribution in [3.8, 4) is 0 Å². The van der Waals surface area contributed by atoms with Crippen molar-refractivity contribution < 1.29 is 8.42 Å². The molecular formula is C11H17BrN4O2S. The van der Waals surface area contributed by atoms with Crippen LogP contribution in [0.5, 0.6) is 0 Å². The van der Waals surface area contributed by atoms with Gasteiger partial charge in [-0.05, 0) is 48.0 Å². The molecule has 1 heterocycles. The Labute approximate surface area is 121 Å². The fraction of sp³-hybridized carbons (Fsp3) is 0.636. The van der Waals surface area contributed by atoms with Crippen LogP contribution in [0.4, 0.5) is 0 Å². The highest BCUT2D eigenvalue weighted by molar-refractivity contribution is 9.10. The van der Waals surface area contributed by atoms with Gasteiger partial charge in [0.2, 0.25) is 5.03 Å². The molecule has 1 aromatic rings. The lowest BCUT2D eigenvalue weighted by atomic mass is 9.97. The molecule has 0 aromatic carbocycles. The molecule has 106 valence electrons. The van der Waals surface area contributed by atoms with Gasteiger partial charge in [-0.3, -0.25) is 0 Å². The zero-order valence-electron chi connectivity index (χ0n) is 10.8. The normalized spacial score (nSPS) is 16.4. The van der Waals surface area contributed by atoms with Crippen LogP contribution in [0.25, 0.3) is 0 Å². The van der Waals surface area contributed by atoms with Gasteiger partial charge in [0.15, 0.2) is 4.60 Å². The molecule has 0 radical (unpaired) electrons. The van der Waals surface area contributed by atoms with E-state index in [-0.39, 0.29) is 9.63 Å². The second-order valence-corrected chi connectivity index (χ2v) is 7.00. The van der Waals surface area contributed by atoms with Gasteiger partial charge in [0.25, 0.3) is 10.0 Å². The minimum Gasteiger partial charge on any atom is -0.235 e. The first-order valence-corrected chi connectivity index (χ1v) is 8.51. The van der Waals surface area contributed by atoms with E-state index in [0.29, 0.717) is 6.54 Å². The zero-order valence-corrected chi connectivity index (χ0v) is 13.2. The fourth-order valence-corrected chi connectivity index (χ4v) is 4.28. The molecule has 6 nitrogen and oxygen atoms in total. The van der Waals surface area contributed by atoms with Crippen LogP contribution in [-0.2, 0) is 17.1 Å². The summed E-state index contributed by atoms with van der Waals surface area (Å²) in [6.07, 6.45) is 7.62. The van der Waals surface area contributed by atoms with Gasteiger partial charge in [-0.2, -0.15) is 0 Å². The standard InChI is InChI=1S/C11H17BrN4O2S/c1-16-11(10(12)14-15-16)19(17,18)13-8-7-9-5-3-2-4-6-9/h5,13H,2-4,6-8H2,1H3. The number of hydrogen-bond donors (Lipinski definition) is 1. The highest BCUT2D eigenvalue weighted by Crippen LogP contribution is 2.20. The van der Waals surface area contributed by atoms with Crippen molar-refractivity contribution in [1.82, 2.24) is 19.7 Å². The van der Waals surface area contributed by atoms with Crippen molar-refractivity contribution in [1.29, 1.82) is 0 Å². The molecule has 1 aromatic heterocycles. The van der Waals surface area contributed by atoms with Gasteiger partial charge in [0.1, 0.15) is 0 Å². The van der Waals surface area contributed by atoms with E-state index in [1.165, 1.54) is 23.1 Å². The monoisotopic (exact) mass is 348 g/mol. The third-order valence-electron chi connectivity index (χ3n) is 3.11. The number of sulfonamides is 1. The maximum absolute atomic E-state index is 12.1. The molecule has 8 heteroatoms. The third-order valence-corrected chi connectivity index (χ3v) is 5.46. The van der Waals surface area contributed by atoms with Gasteiger partial charge < -0.3 is 0 Å². The molecular weight excluding hydrogens is 332 g/mol. The summed E-state index contributed by atoms with van der Waals surface area (Å²) < 4.78 is 28.3. The molecule has 1 N–H and O–H groups in total. The molecule has 0 saturated heterocycles. The minimum absolute atomic E-state index is 0.0603. The Kier molecular flexibility index (Phi) is 4.75. The Bertz CT molecular complexity index is 560. The maximum atomic E-state index is 12.1. The Morgan fingerprint density at radius 3 is 2.84 bits per heavy atom. The zero-order chi connectivity index (χ0) is 13.9. The Morgan fingerprint density at radius 1 is 1.47 bits per heavy atom. The summed E-state index contributed by atoms with van der Waals surface area (Å²) in [5.74, 6) is 0. The Balaban J connectivity index is 1.97. The summed E-state index contributed by atoms with van der Waals surface area (Å²) in [6, 6.07) is 0. The van der Waals surface area contributed by atoms with E-state index in [2.05, 4.69) is 37.0 Å². The average Bonchev–Trinajstić information content (AvgIpc) is 2.70. The third kappa shape index (κ3) is 3.64. The SMILES string of the molecule is Cn1nnc(Br)c1S(=O)(=O)NCCC1=CCCCC1. The first kappa shape index (κ1) is 14.7. The van der Waals surface area contributed by atoms with E-state index in [0.717, 1.165) is 19.3 Å². The highest BCUT2D eigenvalue weighted by atomic mass is 79.9. The van der Waals surface area contributed by atoms with Crippen molar-refractivity contribution in [2.75, 3.05) is 6.54 Å². The van der Waals surface area contributed by atoms with Gasteiger partial charge in [-0.15, -0.1) is 5.10 Å². The molecule has 0 fully saturated rings. The predicted octanol–water partition coefficient (Wildman–Crippen LogP) is 1.75. The molecule has 1 aliphatic carbocycles. The van der Waals surface area contributed by atoms with Gasteiger partial charge in [0.05, 0.1) is 0 Å². The summed E-state index contributed by atoms with van der Waals surface area (Å²) in [6.45, 7) is 0.409. The van der Waals surface area contributed by atoms with Crippen molar-refractivity contribution in [3.05, 3.63) is 16.3 Å². The first-order chi connectivity index (χ1) is 9.00. The molecule has 0 unspecified atom stereocenters. The van der Waals surface area contributed by atoms with E-state index in [1.54, 1.807) is 7.05 Å². The number of halogens is 1. The number of hydrogen-bond acceptors (Lipinski definition) is 4. The summed E-state index contributed by atoms with van der Waals surface area (Å²) in [5.41, 5.74) is 1.34.